The molecule has 1 N–H and O–H groups in total. The number of aromatic nitrogens is 2. The molecule has 4 nitrogen and oxygen atoms in total. The van der Waals surface area contributed by atoms with Gasteiger partial charge < -0.3 is 5.32 Å². The second-order valence-electron chi connectivity index (χ2n) is 7.39. The van der Waals surface area contributed by atoms with Crippen molar-refractivity contribution < 1.29 is 4.79 Å². The number of rotatable bonds is 4. The molecule has 0 saturated heterocycles. The Morgan fingerprint density at radius 2 is 1.81 bits per heavy atom. The van der Waals surface area contributed by atoms with Crippen molar-refractivity contribution in [1.82, 2.24) is 15.1 Å². The van der Waals surface area contributed by atoms with Gasteiger partial charge >= 0.3 is 0 Å². The van der Waals surface area contributed by atoms with Gasteiger partial charge in [0.2, 0.25) is 0 Å². The highest BCUT2D eigenvalue weighted by molar-refractivity contribution is 9.10. The normalized spacial score (nSPS) is 19.9. The van der Waals surface area contributed by atoms with Crippen molar-refractivity contribution >= 4 is 21.8 Å². The molecule has 1 heterocycles. The van der Waals surface area contributed by atoms with Gasteiger partial charge in [0.1, 0.15) is 0 Å². The standard InChI is InChI=1S/C22H20BrN3O/c23-17-8-4-5-9-18(17)26-21-16-11-10-15(12-16)19(21)20(25-26)22(27)24-13-14-6-2-1-3-7-14/h1-9,15-16H,10-13H2,(H,24,27)/t15-,16-/m0/s1. The Kier molecular flexibility index (Phi) is 4.12. The second-order valence-corrected chi connectivity index (χ2v) is 8.24. The summed E-state index contributed by atoms with van der Waals surface area (Å²) in [7, 11) is 0. The Labute approximate surface area is 166 Å². The monoisotopic (exact) mass is 421 g/mol. The highest BCUT2D eigenvalue weighted by atomic mass is 79.9. The first kappa shape index (κ1) is 16.8. The maximum atomic E-state index is 13.0. The lowest BCUT2D eigenvalue weighted by molar-refractivity contribution is 0.0944. The maximum absolute atomic E-state index is 13.0. The summed E-state index contributed by atoms with van der Waals surface area (Å²) >= 11 is 3.64. The maximum Gasteiger partial charge on any atom is 0.272 e. The molecule has 0 unspecified atom stereocenters. The summed E-state index contributed by atoms with van der Waals surface area (Å²) in [6.07, 6.45) is 3.51. The molecule has 27 heavy (non-hydrogen) atoms. The minimum atomic E-state index is -0.0755. The highest BCUT2D eigenvalue weighted by Crippen LogP contribution is 2.54. The van der Waals surface area contributed by atoms with Crippen LogP contribution >= 0.6 is 15.9 Å². The van der Waals surface area contributed by atoms with Crippen molar-refractivity contribution in [1.29, 1.82) is 0 Å². The van der Waals surface area contributed by atoms with Crippen LogP contribution in [0.2, 0.25) is 0 Å². The number of nitrogens with one attached hydrogen (secondary N) is 1. The summed E-state index contributed by atoms with van der Waals surface area (Å²) in [5.41, 5.74) is 5.11. The summed E-state index contributed by atoms with van der Waals surface area (Å²) in [5.74, 6) is 0.910. The predicted molar refractivity (Wildman–Crippen MR) is 108 cm³/mol. The van der Waals surface area contributed by atoms with Gasteiger partial charge in [0, 0.05) is 22.5 Å². The number of halogens is 1. The van der Waals surface area contributed by atoms with Gasteiger partial charge in [-0.15, -0.1) is 0 Å². The van der Waals surface area contributed by atoms with Crippen LogP contribution in [0.3, 0.4) is 0 Å². The largest absolute Gasteiger partial charge is 0.347 e. The molecule has 136 valence electrons. The average Bonchev–Trinajstić information content (AvgIpc) is 3.40. The summed E-state index contributed by atoms with van der Waals surface area (Å²) < 4.78 is 3.00. The van der Waals surface area contributed by atoms with Crippen LogP contribution in [0.25, 0.3) is 5.69 Å². The van der Waals surface area contributed by atoms with Crippen molar-refractivity contribution in [3.63, 3.8) is 0 Å². The number of benzene rings is 2. The molecular formula is C22H20BrN3O. The smallest absolute Gasteiger partial charge is 0.272 e. The lowest BCUT2D eigenvalue weighted by Crippen LogP contribution is -2.24. The van der Waals surface area contributed by atoms with E-state index in [0.29, 0.717) is 24.1 Å². The van der Waals surface area contributed by atoms with E-state index < -0.39 is 0 Å². The summed E-state index contributed by atoms with van der Waals surface area (Å²) in [6.45, 7) is 0.518. The lowest BCUT2D eigenvalue weighted by Gasteiger charge is -2.14. The molecule has 0 radical (unpaired) electrons. The second kappa shape index (κ2) is 6.64. The lowest BCUT2D eigenvalue weighted by atomic mass is 9.95. The Morgan fingerprint density at radius 1 is 1.07 bits per heavy atom. The molecule has 2 aromatic carbocycles. The molecule has 2 atom stereocenters. The molecule has 1 aromatic heterocycles. The Morgan fingerprint density at radius 3 is 2.63 bits per heavy atom. The zero-order valence-electron chi connectivity index (χ0n) is 14.9. The van der Waals surface area contributed by atoms with Gasteiger partial charge in [0.05, 0.1) is 11.4 Å². The number of carbonyl (C=O) groups excluding carboxylic acids is 1. The Hall–Kier alpha value is -2.40. The molecule has 3 aromatic rings. The van der Waals surface area contributed by atoms with Gasteiger partial charge in [0.25, 0.3) is 5.91 Å². The summed E-state index contributed by atoms with van der Waals surface area (Å²) in [6, 6.07) is 18.1. The van der Waals surface area contributed by atoms with Crippen LogP contribution < -0.4 is 5.32 Å². The van der Waals surface area contributed by atoms with Gasteiger partial charge in [-0.1, -0.05) is 42.5 Å². The van der Waals surface area contributed by atoms with Crippen LogP contribution in [0.4, 0.5) is 0 Å². The molecule has 2 bridgehead atoms. The molecule has 2 aliphatic rings. The first-order valence-electron chi connectivity index (χ1n) is 9.42. The van der Waals surface area contributed by atoms with Crippen molar-refractivity contribution in [2.75, 3.05) is 0 Å². The third-order valence-corrected chi connectivity index (χ3v) is 6.45. The fourth-order valence-corrected chi connectivity index (χ4v) is 5.02. The van der Waals surface area contributed by atoms with Gasteiger partial charge in [-0.2, -0.15) is 5.10 Å². The van der Waals surface area contributed by atoms with E-state index in [1.165, 1.54) is 17.7 Å². The minimum Gasteiger partial charge on any atom is -0.347 e. The topological polar surface area (TPSA) is 46.9 Å². The van der Waals surface area contributed by atoms with Crippen molar-refractivity contribution in [2.24, 2.45) is 0 Å². The Bertz CT molecular complexity index is 1010. The third kappa shape index (κ3) is 2.81. The number of nitrogens with zero attached hydrogens (tertiary/aromatic N) is 2. The molecule has 0 aliphatic heterocycles. The van der Waals surface area contributed by atoms with Crippen molar-refractivity contribution in [3.05, 3.63) is 81.6 Å². The van der Waals surface area contributed by atoms with Crippen LogP contribution in [0.15, 0.2) is 59.1 Å². The number of fused-ring (bicyclic) bond motifs is 5. The van der Waals surface area contributed by atoms with E-state index in [4.69, 9.17) is 5.10 Å². The van der Waals surface area contributed by atoms with Crippen LogP contribution in [-0.2, 0) is 6.54 Å². The fourth-order valence-electron chi connectivity index (χ4n) is 4.57. The molecule has 5 heteroatoms. The van der Waals surface area contributed by atoms with Crippen LogP contribution in [-0.4, -0.2) is 15.7 Å². The number of hydrogen-bond donors (Lipinski definition) is 1. The molecule has 1 fully saturated rings. The minimum absolute atomic E-state index is 0.0755. The van der Waals surface area contributed by atoms with Crippen LogP contribution in [0.1, 0.15) is 58.4 Å². The van der Waals surface area contributed by atoms with E-state index >= 15 is 0 Å². The highest BCUT2D eigenvalue weighted by Gasteiger charge is 2.44. The molecule has 5 rings (SSSR count). The quantitative estimate of drug-likeness (QED) is 0.648. The van der Waals surface area contributed by atoms with Gasteiger partial charge in [-0.05, 0) is 58.8 Å². The number of amides is 1. The SMILES string of the molecule is O=C(NCc1ccccc1)c1nn(-c2ccccc2Br)c2c1[C@H]1CC[C@H]2C1. The molecular weight excluding hydrogens is 402 g/mol. The van der Waals surface area contributed by atoms with Gasteiger partial charge in [0.15, 0.2) is 5.69 Å². The number of hydrogen-bond acceptors (Lipinski definition) is 2. The van der Waals surface area contributed by atoms with Crippen molar-refractivity contribution in [2.45, 2.75) is 37.6 Å². The first-order valence-corrected chi connectivity index (χ1v) is 10.2. The van der Waals surface area contributed by atoms with E-state index in [1.54, 1.807) is 0 Å². The molecule has 0 spiro atoms. The zero-order valence-corrected chi connectivity index (χ0v) is 16.4. The third-order valence-electron chi connectivity index (χ3n) is 5.78. The van der Waals surface area contributed by atoms with E-state index in [1.807, 2.05) is 53.2 Å². The van der Waals surface area contributed by atoms with Crippen LogP contribution in [0.5, 0.6) is 0 Å². The fraction of sp³-hybridized carbons (Fsp3) is 0.273. The van der Waals surface area contributed by atoms with Crippen molar-refractivity contribution in [3.8, 4) is 5.69 Å². The van der Waals surface area contributed by atoms with E-state index in [9.17, 15) is 4.79 Å². The van der Waals surface area contributed by atoms with Crippen LogP contribution in [0, 0.1) is 0 Å². The number of para-hydroxylation sites is 1. The Balaban J connectivity index is 1.52. The molecule has 1 amide bonds. The summed E-state index contributed by atoms with van der Waals surface area (Å²) in [4.78, 5) is 13.0. The van der Waals surface area contributed by atoms with E-state index in [2.05, 4.69) is 27.3 Å². The van der Waals surface area contributed by atoms with Gasteiger partial charge in [-0.25, -0.2) is 4.68 Å². The first-order chi connectivity index (χ1) is 13.2. The molecule has 2 aliphatic carbocycles. The molecule has 1 saturated carbocycles. The van der Waals surface area contributed by atoms with E-state index in [-0.39, 0.29) is 5.91 Å². The predicted octanol–water partition coefficient (Wildman–Crippen LogP) is 4.93. The zero-order chi connectivity index (χ0) is 18.4. The van der Waals surface area contributed by atoms with Gasteiger partial charge in [-0.3, -0.25) is 4.79 Å². The van der Waals surface area contributed by atoms with E-state index in [0.717, 1.165) is 28.6 Å². The summed E-state index contributed by atoms with van der Waals surface area (Å²) in [5, 5.41) is 7.85. The average molecular weight is 422 g/mol. The number of carbonyl (C=O) groups is 1.